The number of ether oxygens (including phenoxy) is 1. The summed E-state index contributed by atoms with van der Waals surface area (Å²) in [7, 11) is 1.58. The van der Waals surface area contributed by atoms with Gasteiger partial charge in [-0.15, -0.1) is 0 Å². The molecule has 0 aliphatic carbocycles. The van der Waals surface area contributed by atoms with E-state index in [1.807, 2.05) is 50.2 Å². The third-order valence-corrected chi connectivity index (χ3v) is 3.54. The lowest BCUT2D eigenvalue weighted by Gasteiger charge is -2.12. The van der Waals surface area contributed by atoms with Crippen molar-refractivity contribution in [3.63, 3.8) is 0 Å². The van der Waals surface area contributed by atoms with Crippen molar-refractivity contribution in [2.75, 3.05) is 12.4 Å². The summed E-state index contributed by atoms with van der Waals surface area (Å²) in [6, 6.07) is 11.3. The van der Waals surface area contributed by atoms with Crippen molar-refractivity contribution in [1.82, 2.24) is 0 Å². The van der Waals surface area contributed by atoms with Gasteiger partial charge < -0.3 is 10.1 Å². The van der Waals surface area contributed by atoms with E-state index in [0.717, 1.165) is 15.6 Å². The van der Waals surface area contributed by atoms with Gasteiger partial charge in [0.15, 0.2) is 0 Å². The van der Waals surface area contributed by atoms with E-state index in [-0.39, 0.29) is 5.91 Å². The lowest BCUT2D eigenvalue weighted by molar-refractivity contribution is 0.102. The Morgan fingerprint density at radius 3 is 2.60 bits per heavy atom. The summed E-state index contributed by atoms with van der Waals surface area (Å²) in [6.45, 7) is 3.89. The van der Waals surface area contributed by atoms with Crippen molar-refractivity contribution >= 4 is 27.5 Å². The van der Waals surface area contributed by atoms with Crippen LogP contribution >= 0.6 is 15.9 Å². The fourth-order valence-corrected chi connectivity index (χ4v) is 2.31. The van der Waals surface area contributed by atoms with Gasteiger partial charge in [0, 0.05) is 10.0 Å². The van der Waals surface area contributed by atoms with Crippen molar-refractivity contribution in [2.45, 2.75) is 13.8 Å². The van der Waals surface area contributed by atoms with E-state index < -0.39 is 0 Å². The molecule has 0 aliphatic heterocycles. The smallest absolute Gasteiger partial charge is 0.256 e. The van der Waals surface area contributed by atoms with Crippen LogP contribution in [0.1, 0.15) is 21.5 Å². The number of anilines is 1. The number of carbonyl (C=O) groups excluding carboxylic acids is 1. The van der Waals surface area contributed by atoms with E-state index in [9.17, 15) is 4.79 Å². The summed E-state index contributed by atoms with van der Waals surface area (Å²) in [4.78, 5) is 12.4. The van der Waals surface area contributed by atoms with Crippen LogP contribution in [0.3, 0.4) is 0 Å². The quantitative estimate of drug-likeness (QED) is 0.907. The maximum Gasteiger partial charge on any atom is 0.256 e. The Bertz CT molecular complexity index is 653. The van der Waals surface area contributed by atoms with Crippen LogP contribution in [-0.2, 0) is 0 Å². The molecule has 0 unspecified atom stereocenters. The van der Waals surface area contributed by atoms with Crippen LogP contribution in [0.5, 0.6) is 5.75 Å². The molecule has 2 aromatic rings. The van der Waals surface area contributed by atoms with Crippen molar-refractivity contribution in [3.05, 3.63) is 57.6 Å². The number of nitrogens with one attached hydrogen (secondary N) is 1. The largest absolute Gasteiger partial charge is 0.495 e. The Kier molecular flexibility index (Phi) is 4.45. The summed E-state index contributed by atoms with van der Waals surface area (Å²) in [5.74, 6) is 0.495. The molecule has 0 saturated heterocycles. The molecule has 0 bridgehead atoms. The lowest BCUT2D eigenvalue weighted by atomic mass is 10.0. The fourth-order valence-electron chi connectivity index (χ4n) is 1.95. The second-order valence-corrected chi connectivity index (χ2v) is 5.53. The molecule has 0 heterocycles. The minimum atomic E-state index is -0.136. The highest BCUT2D eigenvalue weighted by atomic mass is 79.9. The van der Waals surface area contributed by atoms with Gasteiger partial charge in [0.2, 0.25) is 0 Å². The van der Waals surface area contributed by atoms with Gasteiger partial charge in [-0.05, 0) is 43.7 Å². The predicted octanol–water partition coefficient (Wildman–Crippen LogP) is 4.33. The molecule has 2 aromatic carbocycles. The maximum atomic E-state index is 12.4. The van der Waals surface area contributed by atoms with Gasteiger partial charge in [-0.3, -0.25) is 4.79 Å². The van der Waals surface area contributed by atoms with Crippen LogP contribution in [0.25, 0.3) is 0 Å². The molecule has 3 nitrogen and oxygen atoms in total. The molecule has 1 amide bonds. The summed E-state index contributed by atoms with van der Waals surface area (Å²) in [5.41, 5.74) is 3.32. The van der Waals surface area contributed by atoms with Gasteiger partial charge in [0.05, 0.1) is 12.8 Å². The molecule has 0 atom stereocenters. The van der Waals surface area contributed by atoms with Crippen molar-refractivity contribution in [2.24, 2.45) is 0 Å². The van der Waals surface area contributed by atoms with Crippen molar-refractivity contribution in [1.29, 1.82) is 0 Å². The highest BCUT2D eigenvalue weighted by Gasteiger charge is 2.12. The molecule has 0 aliphatic rings. The number of hydrogen-bond donors (Lipinski definition) is 1. The van der Waals surface area contributed by atoms with Crippen LogP contribution in [-0.4, -0.2) is 13.0 Å². The molecule has 0 saturated carbocycles. The second kappa shape index (κ2) is 6.09. The first kappa shape index (κ1) is 14.6. The number of aryl methyl sites for hydroxylation is 2. The summed E-state index contributed by atoms with van der Waals surface area (Å²) >= 11 is 3.39. The fraction of sp³-hybridized carbons (Fsp3) is 0.188. The van der Waals surface area contributed by atoms with E-state index in [2.05, 4.69) is 21.2 Å². The lowest BCUT2D eigenvalue weighted by Crippen LogP contribution is -2.14. The first-order valence-electron chi connectivity index (χ1n) is 6.23. The molecule has 0 aromatic heterocycles. The molecule has 20 heavy (non-hydrogen) atoms. The molecule has 0 fully saturated rings. The minimum absolute atomic E-state index is 0.136. The zero-order chi connectivity index (χ0) is 14.7. The Hall–Kier alpha value is -1.81. The van der Waals surface area contributed by atoms with E-state index in [0.29, 0.717) is 17.0 Å². The van der Waals surface area contributed by atoms with Gasteiger partial charge in [0.1, 0.15) is 5.75 Å². The third-order valence-electron chi connectivity index (χ3n) is 3.05. The summed E-state index contributed by atoms with van der Waals surface area (Å²) in [5, 5.41) is 2.89. The molecule has 104 valence electrons. The molecule has 0 spiro atoms. The first-order chi connectivity index (χ1) is 9.51. The number of halogens is 1. The maximum absolute atomic E-state index is 12.4. The van der Waals surface area contributed by atoms with Crippen LogP contribution in [0.15, 0.2) is 40.9 Å². The molecule has 4 heteroatoms. The van der Waals surface area contributed by atoms with E-state index in [1.165, 1.54) is 0 Å². The molecule has 2 rings (SSSR count). The Labute approximate surface area is 127 Å². The minimum Gasteiger partial charge on any atom is -0.495 e. The second-order valence-electron chi connectivity index (χ2n) is 4.62. The highest BCUT2D eigenvalue weighted by molar-refractivity contribution is 9.10. The number of rotatable bonds is 3. The zero-order valence-electron chi connectivity index (χ0n) is 11.7. The van der Waals surface area contributed by atoms with Crippen molar-refractivity contribution in [3.8, 4) is 5.75 Å². The number of carbonyl (C=O) groups is 1. The van der Waals surface area contributed by atoms with Gasteiger partial charge >= 0.3 is 0 Å². The van der Waals surface area contributed by atoms with E-state index in [1.54, 1.807) is 7.11 Å². The van der Waals surface area contributed by atoms with Crippen molar-refractivity contribution < 1.29 is 9.53 Å². The standard InChI is InChI=1S/C16H16BrNO2/c1-10-4-5-11(2)13(8-10)16(19)18-14-9-12(17)6-7-15(14)20-3/h4-9H,1-3H3,(H,18,19). The topological polar surface area (TPSA) is 38.3 Å². The van der Waals surface area contributed by atoms with Crippen LogP contribution in [0.4, 0.5) is 5.69 Å². The number of amides is 1. The average Bonchev–Trinajstić information content (AvgIpc) is 2.41. The highest BCUT2D eigenvalue weighted by Crippen LogP contribution is 2.28. The van der Waals surface area contributed by atoms with E-state index in [4.69, 9.17) is 4.74 Å². The van der Waals surface area contributed by atoms with Gasteiger partial charge in [-0.1, -0.05) is 33.6 Å². The average molecular weight is 334 g/mol. The van der Waals surface area contributed by atoms with Gasteiger partial charge in [-0.25, -0.2) is 0 Å². The summed E-state index contributed by atoms with van der Waals surface area (Å²) in [6.07, 6.45) is 0. The van der Waals surface area contributed by atoms with Crippen LogP contribution < -0.4 is 10.1 Å². The zero-order valence-corrected chi connectivity index (χ0v) is 13.2. The molecule has 0 radical (unpaired) electrons. The number of methoxy groups -OCH3 is 1. The molecular weight excluding hydrogens is 318 g/mol. The van der Waals surface area contributed by atoms with Crippen LogP contribution in [0.2, 0.25) is 0 Å². The Balaban J connectivity index is 2.32. The van der Waals surface area contributed by atoms with Crippen LogP contribution in [0, 0.1) is 13.8 Å². The SMILES string of the molecule is COc1ccc(Br)cc1NC(=O)c1cc(C)ccc1C. The van der Waals surface area contributed by atoms with Gasteiger partial charge in [-0.2, -0.15) is 0 Å². The van der Waals surface area contributed by atoms with Gasteiger partial charge in [0.25, 0.3) is 5.91 Å². The first-order valence-corrected chi connectivity index (χ1v) is 7.02. The monoisotopic (exact) mass is 333 g/mol. The molecular formula is C16H16BrNO2. The predicted molar refractivity (Wildman–Crippen MR) is 84.6 cm³/mol. The summed E-state index contributed by atoms with van der Waals surface area (Å²) < 4.78 is 6.14. The third kappa shape index (κ3) is 3.20. The Morgan fingerprint density at radius 2 is 1.90 bits per heavy atom. The Morgan fingerprint density at radius 1 is 1.15 bits per heavy atom. The van der Waals surface area contributed by atoms with E-state index >= 15 is 0 Å². The number of hydrogen-bond acceptors (Lipinski definition) is 2. The molecule has 1 N–H and O–H groups in total. The normalized spacial score (nSPS) is 10.2. The number of benzene rings is 2.